The molecule has 0 aliphatic carbocycles. The van der Waals surface area contributed by atoms with Crippen LogP contribution in [0.2, 0.25) is 0 Å². The number of nitrogens with zero attached hydrogens (tertiary/aromatic N) is 1. The zero-order valence-electron chi connectivity index (χ0n) is 10.3. The van der Waals surface area contributed by atoms with Gasteiger partial charge in [0, 0.05) is 24.3 Å². The number of nitrogens with one attached hydrogen (secondary N) is 1. The van der Waals surface area contributed by atoms with E-state index in [0.29, 0.717) is 12.2 Å². The number of hydrogen-bond acceptors (Lipinski definition) is 2. The van der Waals surface area contributed by atoms with Crippen LogP contribution in [-0.2, 0) is 6.54 Å². The molecule has 2 nitrogen and oxygen atoms in total. The van der Waals surface area contributed by atoms with Gasteiger partial charge >= 0.3 is 0 Å². The van der Waals surface area contributed by atoms with Gasteiger partial charge < -0.3 is 5.32 Å². The predicted molar refractivity (Wildman–Crippen MR) is 75.5 cm³/mol. The summed E-state index contributed by atoms with van der Waals surface area (Å²) in [6, 6.07) is 14.7. The van der Waals surface area contributed by atoms with Crippen molar-refractivity contribution in [3.63, 3.8) is 0 Å². The quantitative estimate of drug-likeness (QED) is 0.762. The van der Waals surface area contributed by atoms with Crippen molar-refractivity contribution in [3.8, 4) is 0 Å². The molecule has 0 fully saturated rings. The second-order valence-corrected chi connectivity index (χ2v) is 4.35. The van der Waals surface area contributed by atoms with Crippen LogP contribution in [-0.4, -0.2) is 4.98 Å². The fourth-order valence-corrected chi connectivity index (χ4v) is 2.11. The molecule has 2 aromatic carbocycles. The second-order valence-electron chi connectivity index (χ2n) is 4.35. The molecule has 3 heteroatoms. The highest BCUT2D eigenvalue weighted by Crippen LogP contribution is 2.19. The third kappa shape index (κ3) is 2.40. The number of halogens is 1. The van der Waals surface area contributed by atoms with Crippen LogP contribution in [0.5, 0.6) is 0 Å². The zero-order valence-corrected chi connectivity index (χ0v) is 10.3. The maximum absolute atomic E-state index is 13.5. The Morgan fingerprint density at radius 3 is 2.63 bits per heavy atom. The third-order valence-corrected chi connectivity index (χ3v) is 3.09. The number of fused-ring (bicyclic) bond motifs is 1. The zero-order chi connectivity index (χ0) is 13.1. The molecule has 0 bridgehead atoms. The highest BCUT2D eigenvalue weighted by molar-refractivity contribution is 5.84. The Bertz CT molecular complexity index is 704. The van der Waals surface area contributed by atoms with E-state index < -0.39 is 0 Å². The lowest BCUT2D eigenvalue weighted by atomic mass is 10.1. The first-order chi connectivity index (χ1) is 9.34. The van der Waals surface area contributed by atoms with E-state index in [-0.39, 0.29) is 5.82 Å². The van der Waals surface area contributed by atoms with Crippen molar-refractivity contribution in [2.45, 2.75) is 6.54 Å². The Morgan fingerprint density at radius 2 is 1.74 bits per heavy atom. The second kappa shape index (κ2) is 5.06. The number of rotatable bonds is 3. The monoisotopic (exact) mass is 252 g/mol. The summed E-state index contributed by atoms with van der Waals surface area (Å²) in [7, 11) is 0. The topological polar surface area (TPSA) is 24.9 Å². The lowest BCUT2D eigenvalue weighted by molar-refractivity contribution is 0.630. The number of pyridine rings is 1. The van der Waals surface area contributed by atoms with Crippen molar-refractivity contribution in [1.29, 1.82) is 0 Å². The number of aromatic nitrogens is 1. The minimum atomic E-state index is -0.240. The van der Waals surface area contributed by atoms with Gasteiger partial charge in [0.2, 0.25) is 0 Å². The van der Waals surface area contributed by atoms with Crippen LogP contribution in [0.15, 0.2) is 60.9 Å². The lowest BCUT2D eigenvalue weighted by Crippen LogP contribution is -2.02. The van der Waals surface area contributed by atoms with E-state index in [9.17, 15) is 4.39 Å². The SMILES string of the molecule is Fc1ccccc1NCc1cncc2ccccc12. The van der Waals surface area contributed by atoms with E-state index in [1.54, 1.807) is 12.1 Å². The highest BCUT2D eigenvalue weighted by atomic mass is 19.1. The normalized spacial score (nSPS) is 10.6. The molecule has 0 radical (unpaired) electrons. The number of hydrogen-bond donors (Lipinski definition) is 1. The average molecular weight is 252 g/mol. The molecule has 0 saturated heterocycles. The molecule has 3 aromatic rings. The molecular weight excluding hydrogens is 239 g/mol. The van der Waals surface area contributed by atoms with E-state index in [1.807, 2.05) is 36.7 Å². The molecule has 1 aromatic heterocycles. The molecule has 19 heavy (non-hydrogen) atoms. The van der Waals surface area contributed by atoms with E-state index >= 15 is 0 Å². The maximum Gasteiger partial charge on any atom is 0.146 e. The number of benzene rings is 2. The average Bonchev–Trinajstić information content (AvgIpc) is 2.46. The Kier molecular flexibility index (Phi) is 3.11. The summed E-state index contributed by atoms with van der Waals surface area (Å²) >= 11 is 0. The smallest absolute Gasteiger partial charge is 0.146 e. The summed E-state index contributed by atoms with van der Waals surface area (Å²) < 4.78 is 13.5. The van der Waals surface area contributed by atoms with Crippen molar-refractivity contribution in [1.82, 2.24) is 4.98 Å². The fraction of sp³-hybridized carbons (Fsp3) is 0.0625. The summed E-state index contributed by atoms with van der Waals surface area (Å²) in [5, 5.41) is 5.34. The molecule has 0 amide bonds. The van der Waals surface area contributed by atoms with Crippen LogP contribution in [0.25, 0.3) is 10.8 Å². The van der Waals surface area contributed by atoms with Gasteiger partial charge in [-0.3, -0.25) is 4.98 Å². The van der Waals surface area contributed by atoms with E-state index in [2.05, 4.69) is 16.4 Å². The number of anilines is 1. The van der Waals surface area contributed by atoms with E-state index in [4.69, 9.17) is 0 Å². The largest absolute Gasteiger partial charge is 0.379 e. The highest BCUT2D eigenvalue weighted by Gasteiger charge is 2.03. The first-order valence-electron chi connectivity index (χ1n) is 6.14. The van der Waals surface area contributed by atoms with Crippen LogP contribution < -0.4 is 5.32 Å². The molecule has 0 spiro atoms. The molecular formula is C16H13FN2. The van der Waals surface area contributed by atoms with Gasteiger partial charge in [-0.2, -0.15) is 0 Å². The van der Waals surface area contributed by atoms with Gasteiger partial charge in [-0.25, -0.2) is 4.39 Å². The van der Waals surface area contributed by atoms with Crippen LogP contribution in [0, 0.1) is 5.82 Å². The lowest BCUT2D eigenvalue weighted by Gasteiger charge is -2.09. The van der Waals surface area contributed by atoms with Crippen molar-refractivity contribution >= 4 is 16.5 Å². The van der Waals surface area contributed by atoms with Gasteiger partial charge in [-0.15, -0.1) is 0 Å². The summed E-state index contributed by atoms with van der Waals surface area (Å²) in [5.74, 6) is -0.240. The maximum atomic E-state index is 13.5. The molecule has 0 unspecified atom stereocenters. The first kappa shape index (κ1) is 11.7. The van der Waals surface area contributed by atoms with Gasteiger partial charge in [0.25, 0.3) is 0 Å². The fourth-order valence-electron chi connectivity index (χ4n) is 2.11. The standard InChI is InChI=1S/C16H13FN2/c17-15-7-3-4-8-16(15)19-11-13-10-18-9-12-5-1-2-6-14(12)13/h1-10,19H,11H2. The molecule has 1 heterocycles. The van der Waals surface area contributed by atoms with Crippen molar-refractivity contribution in [2.75, 3.05) is 5.32 Å². The first-order valence-corrected chi connectivity index (χ1v) is 6.14. The summed E-state index contributed by atoms with van der Waals surface area (Å²) in [4.78, 5) is 4.21. The predicted octanol–water partition coefficient (Wildman–Crippen LogP) is 3.99. The molecule has 0 aliphatic heterocycles. The van der Waals surface area contributed by atoms with Gasteiger partial charge in [0.1, 0.15) is 5.82 Å². The van der Waals surface area contributed by atoms with Crippen LogP contribution in [0.4, 0.5) is 10.1 Å². The van der Waals surface area contributed by atoms with Crippen molar-refractivity contribution < 1.29 is 4.39 Å². The molecule has 0 aliphatic rings. The third-order valence-electron chi connectivity index (χ3n) is 3.09. The van der Waals surface area contributed by atoms with Crippen molar-refractivity contribution in [2.24, 2.45) is 0 Å². The van der Waals surface area contributed by atoms with Crippen LogP contribution in [0.3, 0.4) is 0 Å². The van der Waals surface area contributed by atoms with Crippen molar-refractivity contribution in [3.05, 3.63) is 72.3 Å². The van der Waals surface area contributed by atoms with Gasteiger partial charge in [0.05, 0.1) is 5.69 Å². The van der Waals surface area contributed by atoms with Gasteiger partial charge in [-0.05, 0) is 23.1 Å². The molecule has 0 saturated carbocycles. The van der Waals surface area contributed by atoms with Gasteiger partial charge in [0.15, 0.2) is 0 Å². The Morgan fingerprint density at radius 1 is 0.947 bits per heavy atom. The van der Waals surface area contributed by atoms with E-state index in [1.165, 1.54) is 6.07 Å². The van der Waals surface area contributed by atoms with Crippen LogP contribution in [0.1, 0.15) is 5.56 Å². The summed E-state index contributed by atoms with van der Waals surface area (Å²) in [5.41, 5.74) is 1.57. The summed E-state index contributed by atoms with van der Waals surface area (Å²) in [6.07, 6.45) is 3.65. The van der Waals surface area contributed by atoms with E-state index in [0.717, 1.165) is 16.3 Å². The van der Waals surface area contributed by atoms with Crippen LogP contribution >= 0.6 is 0 Å². The summed E-state index contributed by atoms with van der Waals surface area (Å²) in [6.45, 7) is 0.551. The Labute approximate surface area is 110 Å². The minimum Gasteiger partial charge on any atom is -0.379 e. The molecule has 3 rings (SSSR count). The molecule has 0 atom stereocenters. The minimum absolute atomic E-state index is 0.240. The Balaban J connectivity index is 1.88. The molecule has 94 valence electrons. The number of para-hydroxylation sites is 1. The Hall–Kier alpha value is -2.42. The van der Waals surface area contributed by atoms with Gasteiger partial charge in [-0.1, -0.05) is 36.4 Å². The molecule has 1 N–H and O–H groups in total.